The second-order valence-corrected chi connectivity index (χ2v) is 10.6. The lowest BCUT2D eigenvalue weighted by molar-refractivity contribution is 0.150. The minimum Gasteiger partial charge on any atom is -0.410 e. The van der Waals surface area contributed by atoms with Gasteiger partial charge >= 0.3 is 0 Å². The van der Waals surface area contributed by atoms with Crippen molar-refractivity contribution in [1.82, 2.24) is 0 Å². The van der Waals surface area contributed by atoms with Crippen molar-refractivity contribution in [3.63, 3.8) is 0 Å². The molecule has 0 spiro atoms. The average Bonchev–Trinajstić information content (AvgIpc) is 3.30. The molecule has 0 saturated carbocycles. The molecule has 1 heterocycles. The summed E-state index contributed by atoms with van der Waals surface area (Å²) >= 11 is 0. The smallest absolute Gasteiger partial charge is 0.192 e. The van der Waals surface area contributed by atoms with Gasteiger partial charge in [-0.2, -0.15) is 0 Å². The summed E-state index contributed by atoms with van der Waals surface area (Å²) in [6.45, 7) is 11.0. The Kier molecular flexibility index (Phi) is 7.88. The molecule has 1 rings (SSSR count). The lowest BCUT2D eigenvalue weighted by Crippen LogP contribution is -2.42. The van der Waals surface area contributed by atoms with Crippen LogP contribution in [0, 0.1) is 5.92 Å². The minimum absolute atomic E-state index is 0.00200. The molecule has 4 heteroatoms. The van der Waals surface area contributed by atoms with Gasteiger partial charge in [-0.05, 0) is 25.1 Å². The molecule has 1 aliphatic rings. The van der Waals surface area contributed by atoms with Gasteiger partial charge in [0, 0.05) is 5.92 Å². The predicted octanol–water partition coefficient (Wildman–Crippen LogP) is 3.90. The van der Waals surface area contributed by atoms with Crippen LogP contribution in [0.3, 0.4) is 0 Å². The van der Waals surface area contributed by atoms with Crippen molar-refractivity contribution in [3.05, 3.63) is 24.3 Å². The molecule has 0 bridgehead atoms. The van der Waals surface area contributed by atoms with Crippen molar-refractivity contribution in [3.8, 4) is 0 Å². The number of rotatable bonds is 10. The highest BCUT2D eigenvalue weighted by molar-refractivity contribution is 6.73. The van der Waals surface area contributed by atoms with Crippen molar-refractivity contribution >= 4 is 8.32 Å². The number of aliphatic hydroxyl groups is 1. The highest BCUT2D eigenvalue weighted by Crippen LogP contribution is 2.35. The van der Waals surface area contributed by atoms with Gasteiger partial charge in [-0.3, -0.25) is 0 Å². The zero-order valence-corrected chi connectivity index (χ0v) is 15.2. The Balaban J connectivity index is 2.81. The second-order valence-electron chi connectivity index (χ2n) is 5.92. The molecule has 0 aliphatic carbocycles. The number of epoxide rings is 1. The van der Waals surface area contributed by atoms with Crippen molar-refractivity contribution in [2.45, 2.75) is 71.1 Å². The Hall–Kier alpha value is -0.423. The molecular weight excluding hydrogens is 280 g/mol. The SMILES string of the molecule is C/C=C/C=C/[C@@H](O[Si](CC)(CC)CC)[C@@H](C)[C@@H]1O[C@H]1CO. The van der Waals surface area contributed by atoms with E-state index in [1.165, 1.54) is 0 Å². The molecule has 4 atom stereocenters. The summed E-state index contributed by atoms with van der Waals surface area (Å²) in [5.41, 5.74) is 0. The van der Waals surface area contributed by atoms with E-state index in [0.29, 0.717) is 0 Å². The fourth-order valence-corrected chi connectivity index (χ4v) is 5.72. The molecule has 0 aromatic heterocycles. The van der Waals surface area contributed by atoms with Crippen molar-refractivity contribution in [1.29, 1.82) is 0 Å². The molecule has 1 fully saturated rings. The van der Waals surface area contributed by atoms with Crippen LogP contribution in [0.5, 0.6) is 0 Å². The zero-order chi connectivity index (χ0) is 15.9. The maximum absolute atomic E-state index is 9.21. The highest BCUT2D eigenvalue weighted by Gasteiger charge is 2.46. The lowest BCUT2D eigenvalue weighted by atomic mass is 9.98. The fourth-order valence-electron chi connectivity index (χ4n) is 2.85. The Morgan fingerprint density at radius 2 is 1.81 bits per heavy atom. The number of aliphatic hydroxyl groups excluding tert-OH is 1. The summed E-state index contributed by atoms with van der Waals surface area (Å²) < 4.78 is 12.2. The molecule has 0 aromatic rings. The summed E-state index contributed by atoms with van der Waals surface area (Å²) in [7, 11) is -1.65. The average molecular weight is 313 g/mol. The summed E-state index contributed by atoms with van der Waals surface area (Å²) in [5.74, 6) is 0.278. The molecule has 1 saturated heterocycles. The van der Waals surface area contributed by atoms with Crippen molar-refractivity contribution < 1.29 is 14.3 Å². The summed E-state index contributed by atoms with van der Waals surface area (Å²) in [5, 5.41) is 9.21. The van der Waals surface area contributed by atoms with Crippen LogP contribution >= 0.6 is 0 Å². The third-order valence-corrected chi connectivity index (χ3v) is 9.40. The maximum atomic E-state index is 9.21. The van der Waals surface area contributed by atoms with Crippen molar-refractivity contribution in [2.75, 3.05) is 6.61 Å². The third kappa shape index (κ3) is 5.06. The monoisotopic (exact) mass is 312 g/mol. The normalized spacial score (nSPS) is 25.6. The van der Waals surface area contributed by atoms with Crippen LogP contribution < -0.4 is 0 Å². The Morgan fingerprint density at radius 3 is 2.24 bits per heavy atom. The Morgan fingerprint density at radius 1 is 1.19 bits per heavy atom. The lowest BCUT2D eigenvalue weighted by Gasteiger charge is -2.34. The zero-order valence-electron chi connectivity index (χ0n) is 14.2. The van der Waals surface area contributed by atoms with Gasteiger partial charge in [-0.1, -0.05) is 52.0 Å². The summed E-state index contributed by atoms with van der Waals surface area (Å²) in [4.78, 5) is 0. The van der Waals surface area contributed by atoms with Crippen LogP contribution in [-0.2, 0) is 9.16 Å². The van der Waals surface area contributed by atoms with Gasteiger partial charge in [0.05, 0.1) is 18.8 Å². The van der Waals surface area contributed by atoms with Crippen LogP contribution in [0.2, 0.25) is 18.1 Å². The molecule has 122 valence electrons. The van der Waals surface area contributed by atoms with Crippen LogP contribution in [0.1, 0.15) is 34.6 Å². The van der Waals surface area contributed by atoms with E-state index in [2.05, 4.69) is 39.8 Å². The largest absolute Gasteiger partial charge is 0.410 e. The molecule has 3 nitrogen and oxygen atoms in total. The fraction of sp³-hybridized carbons (Fsp3) is 0.765. The molecular formula is C17H32O3Si. The van der Waals surface area contributed by atoms with Crippen molar-refractivity contribution in [2.24, 2.45) is 5.92 Å². The molecule has 0 unspecified atom stereocenters. The first-order valence-electron chi connectivity index (χ1n) is 8.31. The Labute approximate surface area is 131 Å². The molecule has 0 amide bonds. The topological polar surface area (TPSA) is 42.0 Å². The summed E-state index contributed by atoms with van der Waals surface area (Å²) in [6.07, 6.45) is 8.49. The first-order valence-corrected chi connectivity index (χ1v) is 10.8. The number of hydrogen-bond donors (Lipinski definition) is 1. The van der Waals surface area contributed by atoms with E-state index in [1.807, 2.05) is 19.1 Å². The number of hydrogen-bond acceptors (Lipinski definition) is 3. The number of allylic oxidation sites excluding steroid dienone is 3. The molecule has 0 radical (unpaired) electrons. The van der Waals surface area contributed by atoms with E-state index in [9.17, 15) is 5.11 Å². The van der Waals surface area contributed by atoms with Crippen LogP contribution in [-0.4, -0.2) is 38.3 Å². The van der Waals surface area contributed by atoms with E-state index in [1.54, 1.807) is 0 Å². The van der Waals surface area contributed by atoms with Gasteiger partial charge in [-0.15, -0.1) is 0 Å². The Bertz CT molecular complexity index is 342. The van der Waals surface area contributed by atoms with Gasteiger partial charge in [0.2, 0.25) is 0 Å². The molecule has 1 N–H and O–H groups in total. The standard InChI is InChI=1S/C17H32O3Si/c1-6-10-11-12-15(14(5)17-16(13-18)19-17)20-21(7-2,8-3)9-4/h6,10-12,14-18H,7-9,13H2,1-5H3/b10-6+,12-11+/t14-,15-,16+,17+/m1/s1. The van der Waals surface area contributed by atoms with Gasteiger partial charge < -0.3 is 14.3 Å². The van der Waals surface area contributed by atoms with Crippen LogP contribution in [0.4, 0.5) is 0 Å². The quantitative estimate of drug-likeness (QED) is 0.378. The maximum Gasteiger partial charge on any atom is 0.192 e. The van der Waals surface area contributed by atoms with E-state index in [-0.39, 0.29) is 30.8 Å². The van der Waals surface area contributed by atoms with Gasteiger partial charge in [0.1, 0.15) is 6.10 Å². The van der Waals surface area contributed by atoms with E-state index in [4.69, 9.17) is 9.16 Å². The summed E-state index contributed by atoms with van der Waals surface area (Å²) in [6, 6.07) is 3.45. The molecule has 0 aromatic carbocycles. The van der Waals surface area contributed by atoms with Gasteiger partial charge in [-0.25, -0.2) is 0 Å². The van der Waals surface area contributed by atoms with Crippen LogP contribution in [0.25, 0.3) is 0 Å². The third-order valence-electron chi connectivity index (χ3n) is 4.76. The first-order chi connectivity index (χ1) is 10.1. The molecule has 21 heavy (non-hydrogen) atoms. The van der Waals surface area contributed by atoms with Gasteiger partial charge in [0.15, 0.2) is 8.32 Å². The second kappa shape index (κ2) is 8.88. The predicted molar refractivity (Wildman–Crippen MR) is 90.9 cm³/mol. The van der Waals surface area contributed by atoms with Crippen LogP contribution in [0.15, 0.2) is 24.3 Å². The van der Waals surface area contributed by atoms with E-state index < -0.39 is 8.32 Å². The molecule has 1 aliphatic heterocycles. The van der Waals surface area contributed by atoms with Gasteiger partial charge in [0.25, 0.3) is 0 Å². The van der Waals surface area contributed by atoms with E-state index >= 15 is 0 Å². The minimum atomic E-state index is -1.65. The van der Waals surface area contributed by atoms with E-state index in [0.717, 1.165) is 18.1 Å². The first kappa shape index (κ1) is 18.6. The highest BCUT2D eigenvalue weighted by atomic mass is 28.4. The number of ether oxygens (including phenoxy) is 1.